The standard InChI is InChI=1S/C10H10BrF2N/c11-8-3-1-2-7(4-8)9(6-14)5-10(9,12)13/h1-4H,5-6,14H2. The molecule has 1 fully saturated rings. The van der Waals surface area contributed by atoms with Crippen LogP contribution in [0.25, 0.3) is 0 Å². The summed E-state index contributed by atoms with van der Waals surface area (Å²) in [5.74, 6) is -2.64. The fourth-order valence-corrected chi connectivity index (χ4v) is 2.17. The number of halogens is 3. The van der Waals surface area contributed by atoms with Gasteiger partial charge in [0.1, 0.15) is 0 Å². The van der Waals surface area contributed by atoms with Crippen molar-refractivity contribution in [1.82, 2.24) is 0 Å². The molecule has 1 atom stereocenters. The van der Waals surface area contributed by atoms with E-state index in [1.807, 2.05) is 6.07 Å². The van der Waals surface area contributed by atoms with Crippen LogP contribution in [-0.2, 0) is 5.41 Å². The Morgan fingerprint density at radius 3 is 2.50 bits per heavy atom. The van der Waals surface area contributed by atoms with E-state index in [1.54, 1.807) is 18.2 Å². The minimum atomic E-state index is -2.64. The molecule has 0 heterocycles. The van der Waals surface area contributed by atoms with Crippen molar-refractivity contribution in [1.29, 1.82) is 0 Å². The van der Waals surface area contributed by atoms with E-state index in [0.29, 0.717) is 5.56 Å². The van der Waals surface area contributed by atoms with Crippen LogP contribution in [0.4, 0.5) is 8.78 Å². The first-order chi connectivity index (χ1) is 6.52. The SMILES string of the molecule is NCC1(c2cccc(Br)c2)CC1(F)F. The third-order valence-corrected chi connectivity index (χ3v) is 3.32. The Balaban J connectivity index is 2.40. The van der Waals surface area contributed by atoms with Crippen LogP contribution < -0.4 is 5.73 Å². The normalized spacial score (nSPS) is 28.9. The van der Waals surface area contributed by atoms with E-state index in [4.69, 9.17) is 5.73 Å². The number of alkyl halides is 2. The summed E-state index contributed by atoms with van der Waals surface area (Å²) < 4.78 is 27.2. The Hall–Kier alpha value is -0.480. The van der Waals surface area contributed by atoms with Gasteiger partial charge in [-0.15, -0.1) is 0 Å². The average molecular weight is 262 g/mol. The molecule has 0 aromatic heterocycles. The first kappa shape index (κ1) is 10.1. The maximum Gasteiger partial charge on any atom is 0.260 e. The molecular weight excluding hydrogens is 252 g/mol. The summed E-state index contributed by atoms with van der Waals surface area (Å²) in [5.41, 5.74) is 4.94. The van der Waals surface area contributed by atoms with E-state index in [0.717, 1.165) is 4.47 Å². The van der Waals surface area contributed by atoms with E-state index in [2.05, 4.69) is 15.9 Å². The lowest BCUT2D eigenvalue weighted by Gasteiger charge is -2.14. The highest BCUT2D eigenvalue weighted by molar-refractivity contribution is 9.10. The van der Waals surface area contributed by atoms with Gasteiger partial charge in [0.05, 0.1) is 5.41 Å². The van der Waals surface area contributed by atoms with Gasteiger partial charge in [0.15, 0.2) is 0 Å². The zero-order valence-electron chi connectivity index (χ0n) is 7.43. The van der Waals surface area contributed by atoms with Crippen molar-refractivity contribution in [2.75, 3.05) is 6.54 Å². The van der Waals surface area contributed by atoms with E-state index in [1.165, 1.54) is 0 Å². The maximum atomic E-state index is 13.2. The summed E-state index contributed by atoms with van der Waals surface area (Å²) in [6.07, 6.45) is -0.132. The molecule has 1 unspecified atom stereocenters. The molecule has 14 heavy (non-hydrogen) atoms. The van der Waals surface area contributed by atoms with Gasteiger partial charge in [-0.2, -0.15) is 0 Å². The second-order valence-corrected chi connectivity index (χ2v) is 4.59. The topological polar surface area (TPSA) is 26.0 Å². The second kappa shape index (κ2) is 3.00. The lowest BCUT2D eigenvalue weighted by atomic mass is 9.95. The summed E-state index contributed by atoms with van der Waals surface area (Å²) >= 11 is 3.26. The number of rotatable bonds is 2. The van der Waals surface area contributed by atoms with E-state index < -0.39 is 11.3 Å². The monoisotopic (exact) mass is 261 g/mol. The molecule has 0 spiro atoms. The van der Waals surface area contributed by atoms with E-state index in [9.17, 15) is 8.78 Å². The number of hydrogen-bond acceptors (Lipinski definition) is 1. The van der Waals surface area contributed by atoms with Gasteiger partial charge in [0, 0.05) is 17.4 Å². The maximum absolute atomic E-state index is 13.2. The fourth-order valence-electron chi connectivity index (χ4n) is 1.77. The Morgan fingerprint density at radius 2 is 2.07 bits per heavy atom. The summed E-state index contributed by atoms with van der Waals surface area (Å²) in [7, 11) is 0. The highest BCUT2D eigenvalue weighted by Crippen LogP contribution is 2.60. The highest BCUT2D eigenvalue weighted by Gasteiger charge is 2.71. The van der Waals surface area contributed by atoms with Gasteiger partial charge >= 0.3 is 0 Å². The quantitative estimate of drug-likeness (QED) is 0.871. The largest absolute Gasteiger partial charge is 0.329 e. The van der Waals surface area contributed by atoms with Gasteiger partial charge in [-0.3, -0.25) is 0 Å². The molecular formula is C10H10BrF2N. The zero-order chi connectivity index (χ0) is 10.4. The van der Waals surface area contributed by atoms with Crippen LogP contribution in [0.1, 0.15) is 12.0 Å². The van der Waals surface area contributed by atoms with Crippen LogP contribution in [0.2, 0.25) is 0 Å². The van der Waals surface area contributed by atoms with Gasteiger partial charge in [0.25, 0.3) is 5.92 Å². The van der Waals surface area contributed by atoms with E-state index in [-0.39, 0.29) is 13.0 Å². The molecule has 1 aromatic carbocycles. The molecule has 1 nitrogen and oxygen atoms in total. The third-order valence-electron chi connectivity index (χ3n) is 2.82. The molecule has 0 radical (unpaired) electrons. The molecule has 76 valence electrons. The van der Waals surface area contributed by atoms with Crippen molar-refractivity contribution in [3.05, 3.63) is 34.3 Å². The Kier molecular flexibility index (Phi) is 2.16. The van der Waals surface area contributed by atoms with Crippen molar-refractivity contribution in [3.63, 3.8) is 0 Å². The van der Waals surface area contributed by atoms with Gasteiger partial charge in [-0.25, -0.2) is 8.78 Å². The summed E-state index contributed by atoms with van der Waals surface area (Å²) in [6.45, 7) is -0.00352. The molecule has 1 aliphatic carbocycles. The van der Waals surface area contributed by atoms with Crippen LogP contribution in [0.5, 0.6) is 0 Å². The van der Waals surface area contributed by atoms with Gasteiger partial charge in [-0.1, -0.05) is 28.1 Å². The van der Waals surface area contributed by atoms with E-state index >= 15 is 0 Å². The van der Waals surface area contributed by atoms with Crippen LogP contribution in [0.3, 0.4) is 0 Å². The highest BCUT2D eigenvalue weighted by atomic mass is 79.9. The van der Waals surface area contributed by atoms with Crippen molar-refractivity contribution < 1.29 is 8.78 Å². The fraction of sp³-hybridized carbons (Fsp3) is 0.400. The number of hydrogen-bond donors (Lipinski definition) is 1. The smallest absolute Gasteiger partial charge is 0.260 e. The van der Waals surface area contributed by atoms with Crippen LogP contribution in [0, 0.1) is 0 Å². The lowest BCUT2D eigenvalue weighted by Crippen LogP contribution is -2.26. The van der Waals surface area contributed by atoms with Crippen LogP contribution in [0.15, 0.2) is 28.7 Å². The summed E-state index contributed by atoms with van der Waals surface area (Å²) in [6, 6.07) is 6.99. The predicted octanol–water partition coefficient (Wildman–Crippen LogP) is 2.68. The Labute approximate surface area is 89.4 Å². The predicted molar refractivity (Wildman–Crippen MR) is 54.4 cm³/mol. The van der Waals surface area contributed by atoms with Gasteiger partial charge in [-0.05, 0) is 17.7 Å². The molecule has 1 saturated carbocycles. The minimum Gasteiger partial charge on any atom is -0.329 e. The lowest BCUT2D eigenvalue weighted by molar-refractivity contribution is 0.0896. The van der Waals surface area contributed by atoms with Crippen LogP contribution >= 0.6 is 15.9 Å². The molecule has 0 bridgehead atoms. The first-order valence-corrected chi connectivity index (χ1v) is 5.15. The van der Waals surface area contributed by atoms with Crippen molar-refractivity contribution >= 4 is 15.9 Å². The van der Waals surface area contributed by atoms with Crippen molar-refractivity contribution in [2.24, 2.45) is 5.73 Å². The zero-order valence-corrected chi connectivity index (χ0v) is 9.02. The number of nitrogens with two attached hydrogens (primary N) is 1. The second-order valence-electron chi connectivity index (χ2n) is 3.68. The van der Waals surface area contributed by atoms with Gasteiger partial charge < -0.3 is 5.73 Å². The molecule has 1 aromatic rings. The molecule has 0 aliphatic heterocycles. The van der Waals surface area contributed by atoms with Crippen LogP contribution in [-0.4, -0.2) is 12.5 Å². The molecule has 1 aliphatic rings. The summed E-state index contributed by atoms with van der Waals surface area (Å²) in [5, 5.41) is 0. The Bertz CT molecular complexity index is 367. The third kappa shape index (κ3) is 1.28. The van der Waals surface area contributed by atoms with Crippen molar-refractivity contribution in [2.45, 2.75) is 17.8 Å². The molecule has 4 heteroatoms. The average Bonchev–Trinajstić information content (AvgIpc) is 2.70. The van der Waals surface area contributed by atoms with Crippen molar-refractivity contribution in [3.8, 4) is 0 Å². The first-order valence-electron chi connectivity index (χ1n) is 4.36. The van der Waals surface area contributed by atoms with Gasteiger partial charge in [0.2, 0.25) is 0 Å². The molecule has 2 rings (SSSR count). The molecule has 0 amide bonds. The Morgan fingerprint density at radius 1 is 1.43 bits per heavy atom. The molecule has 0 saturated heterocycles. The minimum absolute atomic E-state index is 0.00352. The molecule has 2 N–H and O–H groups in total. The number of benzene rings is 1. The summed E-state index contributed by atoms with van der Waals surface area (Å²) in [4.78, 5) is 0.